The Kier molecular flexibility index (Phi) is 11.7. The number of hydrogen-bond donors (Lipinski definition) is 1. The first kappa shape index (κ1) is 31.7. The van der Waals surface area contributed by atoms with Crippen LogP contribution in [0.25, 0.3) is 0 Å². The molecule has 0 saturated heterocycles. The van der Waals surface area contributed by atoms with E-state index in [1.54, 1.807) is 0 Å². The van der Waals surface area contributed by atoms with Gasteiger partial charge in [-0.3, -0.25) is 4.79 Å². The van der Waals surface area contributed by atoms with Gasteiger partial charge in [-0.1, -0.05) is 54.6 Å². The van der Waals surface area contributed by atoms with E-state index in [-0.39, 0.29) is 34.0 Å². The third-order valence-corrected chi connectivity index (χ3v) is 11.2. The Morgan fingerprint density at radius 1 is 0.763 bits per heavy atom. The number of carbonyl (C=O) groups is 2. The topological polar surface area (TPSA) is 69.4 Å². The Labute approximate surface area is 239 Å². The first-order valence-corrected chi connectivity index (χ1v) is 15.0. The van der Waals surface area contributed by atoms with Crippen LogP contribution >= 0.6 is 24.2 Å². The zero-order valence-corrected chi connectivity index (χ0v) is 25.6. The third kappa shape index (κ3) is 8.23. The molecule has 7 heteroatoms. The smallest absolute Gasteiger partial charge is 0.414 e. The van der Waals surface area contributed by atoms with E-state index in [1.165, 1.54) is 15.9 Å². The lowest BCUT2D eigenvalue weighted by atomic mass is 10.2. The molecule has 3 aromatic carbocycles. The van der Waals surface area contributed by atoms with Crippen molar-refractivity contribution in [3.63, 3.8) is 0 Å². The number of nitrogens with two attached hydrogens (primary N) is 1. The molecule has 0 spiro atoms. The normalized spacial score (nSPS) is 13.2. The largest absolute Gasteiger partial charge is 0.516 e. The van der Waals surface area contributed by atoms with Crippen LogP contribution in [0.15, 0.2) is 91.0 Å². The molecule has 1 unspecified atom stereocenters. The summed E-state index contributed by atoms with van der Waals surface area (Å²) in [5.41, 5.74) is 4.84. The van der Waals surface area contributed by atoms with Crippen LogP contribution in [-0.4, -0.2) is 48.4 Å². The van der Waals surface area contributed by atoms with Gasteiger partial charge in [0.1, 0.15) is 28.8 Å². The van der Waals surface area contributed by atoms with Crippen LogP contribution in [0.3, 0.4) is 0 Å². The molecule has 0 aromatic heterocycles. The van der Waals surface area contributed by atoms with Crippen molar-refractivity contribution in [2.24, 2.45) is 5.73 Å². The molecule has 2 amide bonds. The van der Waals surface area contributed by atoms with E-state index in [0.29, 0.717) is 13.1 Å². The molecule has 2 N–H and O–H groups in total. The lowest BCUT2D eigenvalue weighted by molar-refractivity contribution is -0.838. The second kappa shape index (κ2) is 14.0. The number of amides is 2. The summed E-state index contributed by atoms with van der Waals surface area (Å²) in [5.74, 6) is -0.407. The fourth-order valence-corrected chi connectivity index (χ4v) is 9.13. The molecule has 0 heterocycles. The second-order valence-corrected chi connectivity index (χ2v) is 14.4. The predicted octanol–water partition coefficient (Wildman–Crippen LogP) is 5.60. The number of benzene rings is 3. The van der Waals surface area contributed by atoms with Gasteiger partial charge in [0.2, 0.25) is 5.91 Å². The van der Waals surface area contributed by atoms with Gasteiger partial charge in [-0.15, -0.1) is 17.0 Å². The molecule has 0 fully saturated rings. The van der Waals surface area contributed by atoms with Gasteiger partial charge in [0.15, 0.2) is 0 Å². The first-order chi connectivity index (χ1) is 17.6. The maximum Gasteiger partial charge on any atom is 0.516 e. The molecule has 204 valence electrons. The minimum absolute atomic E-state index is 0. The maximum absolute atomic E-state index is 13.2. The van der Waals surface area contributed by atoms with Crippen LogP contribution in [0.2, 0.25) is 0 Å². The quantitative estimate of drug-likeness (QED) is 0.177. The van der Waals surface area contributed by atoms with Gasteiger partial charge in [-0.2, -0.15) is 4.79 Å². The molecular weight excluding hydrogens is 559 g/mol. The lowest BCUT2D eigenvalue weighted by Crippen LogP contribution is -2.53. The van der Waals surface area contributed by atoms with Gasteiger partial charge in [0.05, 0.1) is 32.7 Å². The number of hydrogen-bond acceptors (Lipinski definition) is 3. The Balaban J connectivity index is 0.00000507. The van der Waals surface area contributed by atoms with Crippen molar-refractivity contribution < 1.29 is 18.8 Å². The Hall–Kier alpha value is -2.53. The molecule has 0 saturated carbocycles. The van der Waals surface area contributed by atoms with Gasteiger partial charge < -0.3 is 10.5 Å². The van der Waals surface area contributed by atoms with Crippen molar-refractivity contribution in [2.45, 2.75) is 45.6 Å². The van der Waals surface area contributed by atoms with Gasteiger partial charge >= 0.3 is 6.09 Å². The number of rotatable bonds is 11. The summed E-state index contributed by atoms with van der Waals surface area (Å²) in [5, 5.41) is 4.06. The van der Waals surface area contributed by atoms with E-state index in [0.717, 1.165) is 19.0 Å². The summed E-state index contributed by atoms with van der Waals surface area (Å²) in [7, 11) is -0.0686. The van der Waals surface area contributed by atoms with Crippen LogP contribution in [-0.2, 0) is 9.53 Å². The van der Waals surface area contributed by atoms with Gasteiger partial charge in [-0.05, 0) is 63.6 Å². The summed E-state index contributed by atoms with van der Waals surface area (Å²) in [6.45, 7) is 6.51. The molecule has 0 aliphatic carbocycles. The van der Waals surface area contributed by atoms with E-state index in [9.17, 15) is 9.59 Å². The van der Waals surface area contributed by atoms with Crippen molar-refractivity contribution in [2.75, 3.05) is 26.3 Å². The molecule has 0 aliphatic rings. The van der Waals surface area contributed by atoms with E-state index in [1.807, 2.05) is 27.8 Å². The zero-order chi connectivity index (χ0) is 26.9. The molecule has 1 atom stereocenters. The fourth-order valence-electron chi connectivity index (χ4n) is 4.72. The Morgan fingerprint density at radius 3 is 1.55 bits per heavy atom. The molecule has 3 aromatic rings. The molecule has 0 aliphatic heterocycles. The zero-order valence-electron chi connectivity index (χ0n) is 23.0. The minimum Gasteiger partial charge on any atom is -0.414 e. The second-order valence-electron chi connectivity index (χ2n) is 10.8. The molecule has 5 nitrogen and oxygen atoms in total. The number of quaternary nitrogens is 1. The third-order valence-electron chi connectivity index (χ3n) is 6.67. The van der Waals surface area contributed by atoms with Crippen LogP contribution in [0.4, 0.5) is 4.79 Å². The van der Waals surface area contributed by atoms with Crippen molar-refractivity contribution in [3.8, 4) is 0 Å². The van der Waals surface area contributed by atoms with E-state index in [2.05, 4.69) is 91.0 Å². The van der Waals surface area contributed by atoms with Crippen molar-refractivity contribution >= 4 is 52.2 Å². The number of ether oxygens (including phenoxy) is 1. The summed E-state index contributed by atoms with van der Waals surface area (Å²) in [6.07, 6.45) is 2.56. The van der Waals surface area contributed by atoms with Crippen molar-refractivity contribution in [1.82, 2.24) is 0 Å². The molecule has 0 bridgehead atoms. The summed E-state index contributed by atoms with van der Waals surface area (Å²) in [4.78, 5) is 24.7. The predicted molar refractivity (Wildman–Crippen MR) is 166 cm³/mol. The SMILES string of the molecule is Br.CC(C)(C)OC(=O)[N+](C)(CCCC[P+](c1ccccc1)(c1ccccc1)c1ccccc1)CCC(N)=O. The van der Waals surface area contributed by atoms with Crippen molar-refractivity contribution in [3.05, 3.63) is 91.0 Å². The first-order valence-electron chi connectivity index (χ1n) is 13.0. The standard InChI is InChI=1S/C31H40N2O3P.BrH/c1-31(2,3)36-30(35)33(4,24-22-29(32)34)23-14-15-25-37(26-16-8-5-9-17-26,27-18-10-6-11-19-27)28-20-12-7-13-21-28;/h5-13,16-21H,14-15,22-25H2,1-4H3,(H-,32,34);1H/q+1;/p+1. The Morgan fingerprint density at radius 2 is 1.18 bits per heavy atom. The summed E-state index contributed by atoms with van der Waals surface area (Å²) in [6, 6.07) is 32.4. The minimum atomic E-state index is -1.92. The van der Waals surface area contributed by atoms with Crippen LogP contribution < -0.4 is 21.6 Å². The molecule has 38 heavy (non-hydrogen) atoms. The number of nitrogens with zero attached hydrogens (tertiary/aromatic N) is 1. The number of halogens is 1. The van der Waals surface area contributed by atoms with E-state index in [4.69, 9.17) is 10.5 Å². The Bertz CT molecular complexity index is 1060. The highest BCUT2D eigenvalue weighted by molar-refractivity contribution is 8.93. The fraction of sp³-hybridized carbons (Fsp3) is 0.355. The monoisotopic (exact) mass is 600 g/mol. The highest BCUT2D eigenvalue weighted by Gasteiger charge is 2.45. The van der Waals surface area contributed by atoms with Gasteiger partial charge in [0, 0.05) is 6.42 Å². The lowest BCUT2D eigenvalue weighted by Gasteiger charge is -2.33. The van der Waals surface area contributed by atoms with E-state index >= 15 is 0 Å². The van der Waals surface area contributed by atoms with Crippen LogP contribution in [0.1, 0.15) is 40.0 Å². The highest BCUT2D eigenvalue weighted by atomic mass is 79.9. The van der Waals surface area contributed by atoms with Crippen molar-refractivity contribution in [1.29, 1.82) is 0 Å². The van der Waals surface area contributed by atoms with E-state index < -0.39 is 18.8 Å². The molecule has 3 rings (SSSR count). The maximum atomic E-state index is 13.2. The van der Waals surface area contributed by atoms with Gasteiger partial charge in [-0.25, -0.2) is 4.48 Å². The van der Waals surface area contributed by atoms with Crippen LogP contribution in [0, 0.1) is 0 Å². The summed E-state index contributed by atoms with van der Waals surface area (Å²) < 4.78 is 5.76. The number of unbranched alkanes of at least 4 members (excludes halogenated alkanes) is 1. The summed E-state index contributed by atoms with van der Waals surface area (Å²) >= 11 is 0. The van der Waals surface area contributed by atoms with Gasteiger partial charge in [0.25, 0.3) is 0 Å². The number of carbonyl (C=O) groups excluding carboxylic acids is 2. The molecular formula is C31H42BrN2O3P+2. The van der Waals surface area contributed by atoms with Crippen LogP contribution in [0.5, 0.6) is 0 Å². The average Bonchev–Trinajstić information content (AvgIpc) is 2.88. The highest BCUT2D eigenvalue weighted by Crippen LogP contribution is 2.55. The number of primary amides is 1. The average molecular weight is 602 g/mol. The molecule has 0 radical (unpaired) electrons.